The molecule has 0 radical (unpaired) electrons. The summed E-state index contributed by atoms with van der Waals surface area (Å²) in [5, 5.41) is 0. The molecule has 0 aliphatic heterocycles. The molecule has 1 aromatic carbocycles. The zero-order valence-corrected chi connectivity index (χ0v) is 15.8. The van der Waals surface area contributed by atoms with E-state index in [1.54, 1.807) is 6.07 Å². The van der Waals surface area contributed by atoms with Gasteiger partial charge in [0.1, 0.15) is 11.5 Å². The number of ether oxygens (including phenoxy) is 2. The summed E-state index contributed by atoms with van der Waals surface area (Å²) >= 11 is 0. The molecular formula is C21H30O4. The van der Waals surface area contributed by atoms with E-state index < -0.39 is 11.5 Å². The molecule has 0 bridgehead atoms. The lowest BCUT2D eigenvalue weighted by Gasteiger charge is -2.33. The Kier molecular flexibility index (Phi) is 6.63. The van der Waals surface area contributed by atoms with E-state index in [4.69, 9.17) is 9.47 Å². The van der Waals surface area contributed by atoms with Crippen LogP contribution in [0.2, 0.25) is 0 Å². The topological polar surface area (TPSA) is 52.6 Å². The fourth-order valence-corrected chi connectivity index (χ4v) is 3.62. The zero-order chi connectivity index (χ0) is 18.4. The third-order valence-electron chi connectivity index (χ3n) is 5.06. The molecule has 0 aromatic heterocycles. The van der Waals surface area contributed by atoms with Crippen molar-refractivity contribution in [2.75, 3.05) is 6.61 Å². The normalized spacial score (nSPS) is 22.8. The average Bonchev–Trinajstić information content (AvgIpc) is 2.97. The maximum absolute atomic E-state index is 12.7. The summed E-state index contributed by atoms with van der Waals surface area (Å²) in [7, 11) is 0. The maximum atomic E-state index is 12.7. The van der Waals surface area contributed by atoms with E-state index in [0.717, 1.165) is 24.8 Å². The van der Waals surface area contributed by atoms with Gasteiger partial charge < -0.3 is 9.47 Å². The van der Waals surface area contributed by atoms with Crippen molar-refractivity contribution in [3.63, 3.8) is 0 Å². The molecule has 2 atom stereocenters. The lowest BCUT2D eigenvalue weighted by Crippen LogP contribution is -2.42. The van der Waals surface area contributed by atoms with Crippen LogP contribution >= 0.6 is 0 Å². The Morgan fingerprint density at radius 3 is 2.72 bits per heavy atom. The van der Waals surface area contributed by atoms with Crippen LogP contribution in [0, 0.1) is 18.3 Å². The number of rotatable bonds is 7. The molecule has 0 heterocycles. The fourth-order valence-electron chi connectivity index (χ4n) is 3.62. The van der Waals surface area contributed by atoms with E-state index >= 15 is 0 Å². The molecular weight excluding hydrogens is 316 g/mol. The van der Waals surface area contributed by atoms with Gasteiger partial charge in [0, 0.05) is 0 Å². The van der Waals surface area contributed by atoms with E-state index in [0.29, 0.717) is 30.9 Å². The third-order valence-corrected chi connectivity index (χ3v) is 5.06. The van der Waals surface area contributed by atoms with Crippen LogP contribution in [0.5, 0.6) is 0 Å². The molecule has 4 heteroatoms. The van der Waals surface area contributed by atoms with Gasteiger partial charge in [-0.25, -0.2) is 4.79 Å². The van der Waals surface area contributed by atoms with E-state index in [9.17, 15) is 9.59 Å². The summed E-state index contributed by atoms with van der Waals surface area (Å²) < 4.78 is 11.2. The van der Waals surface area contributed by atoms with Crippen LogP contribution in [0.1, 0.15) is 68.8 Å². The maximum Gasteiger partial charge on any atom is 0.338 e. The van der Waals surface area contributed by atoms with Crippen molar-refractivity contribution in [3.8, 4) is 0 Å². The molecule has 1 saturated carbocycles. The minimum Gasteiger partial charge on any atom is -0.465 e. The molecule has 138 valence electrons. The molecule has 25 heavy (non-hydrogen) atoms. The highest BCUT2D eigenvalue weighted by atomic mass is 16.6. The number of aryl methyl sites for hydroxylation is 1. The highest BCUT2D eigenvalue weighted by Crippen LogP contribution is 2.46. The number of esters is 2. The second kappa shape index (κ2) is 8.50. The first-order valence-electron chi connectivity index (χ1n) is 9.34. The van der Waals surface area contributed by atoms with Gasteiger partial charge in [-0.05, 0) is 64.0 Å². The van der Waals surface area contributed by atoms with Crippen LogP contribution in [0.25, 0.3) is 0 Å². The first kappa shape index (κ1) is 19.5. The van der Waals surface area contributed by atoms with Crippen molar-refractivity contribution >= 4 is 11.9 Å². The smallest absolute Gasteiger partial charge is 0.338 e. The Balaban J connectivity index is 2.20. The summed E-state index contributed by atoms with van der Waals surface area (Å²) in [6.07, 6.45) is 3.53. The molecule has 0 saturated heterocycles. The van der Waals surface area contributed by atoms with E-state index in [1.165, 1.54) is 0 Å². The second-order valence-corrected chi connectivity index (χ2v) is 7.46. The molecule has 0 spiro atoms. The number of carbonyl (C=O) groups is 2. The summed E-state index contributed by atoms with van der Waals surface area (Å²) in [6, 6.07) is 7.36. The van der Waals surface area contributed by atoms with Crippen molar-refractivity contribution in [3.05, 3.63) is 35.4 Å². The molecule has 0 N–H and O–H groups in total. The monoisotopic (exact) mass is 346 g/mol. The standard InChI is InChI=1S/C21H30O4/c1-5-24-20(23)21(13-11-15(2)3)12-7-10-18(21)25-19(22)17-9-6-8-16(4)14-17/h6,8-9,14-15,18H,5,7,10-13H2,1-4H3. The van der Waals surface area contributed by atoms with Crippen molar-refractivity contribution in [2.45, 2.75) is 65.9 Å². The van der Waals surface area contributed by atoms with Gasteiger partial charge in [0.2, 0.25) is 0 Å². The van der Waals surface area contributed by atoms with E-state index in [-0.39, 0.29) is 11.9 Å². The number of hydrogen-bond donors (Lipinski definition) is 0. The van der Waals surface area contributed by atoms with Gasteiger partial charge in [-0.15, -0.1) is 0 Å². The summed E-state index contributed by atoms with van der Waals surface area (Å²) in [5.74, 6) is -0.0796. The van der Waals surface area contributed by atoms with Crippen LogP contribution < -0.4 is 0 Å². The van der Waals surface area contributed by atoms with Crippen LogP contribution in [0.15, 0.2) is 24.3 Å². The lowest BCUT2D eigenvalue weighted by molar-refractivity contribution is -0.162. The first-order chi connectivity index (χ1) is 11.9. The lowest BCUT2D eigenvalue weighted by atomic mass is 9.78. The van der Waals surface area contributed by atoms with Crippen molar-refractivity contribution in [2.24, 2.45) is 11.3 Å². The van der Waals surface area contributed by atoms with Crippen molar-refractivity contribution in [1.29, 1.82) is 0 Å². The number of carbonyl (C=O) groups excluding carboxylic acids is 2. The van der Waals surface area contributed by atoms with Gasteiger partial charge in [-0.3, -0.25) is 4.79 Å². The Bertz CT molecular complexity index is 608. The largest absolute Gasteiger partial charge is 0.465 e. The highest BCUT2D eigenvalue weighted by Gasteiger charge is 2.52. The Hall–Kier alpha value is -1.84. The molecule has 4 nitrogen and oxygen atoms in total. The van der Waals surface area contributed by atoms with Gasteiger partial charge in [-0.2, -0.15) is 0 Å². The molecule has 1 aromatic rings. The Morgan fingerprint density at radius 2 is 2.08 bits per heavy atom. The summed E-state index contributed by atoms with van der Waals surface area (Å²) in [4.78, 5) is 25.3. The number of hydrogen-bond acceptors (Lipinski definition) is 4. The molecule has 2 rings (SSSR count). The predicted octanol–water partition coefficient (Wildman–Crippen LogP) is 4.69. The minimum atomic E-state index is -0.695. The molecule has 2 unspecified atom stereocenters. The van der Waals surface area contributed by atoms with Crippen LogP contribution in [-0.4, -0.2) is 24.6 Å². The second-order valence-electron chi connectivity index (χ2n) is 7.46. The minimum absolute atomic E-state index is 0.213. The van der Waals surface area contributed by atoms with Gasteiger partial charge in [0.05, 0.1) is 12.2 Å². The van der Waals surface area contributed by atoms with Crippen molar-refractivity contribution < 1.29 is 19.1 Å². The third kappa shape index (κ3) is 4.62. The predicted molar refractivity (Wildman–Crippen MR) is 97.4 cm³/mol. The van der Waals surface area contributed by atoms with E-state index in [2.05, 4.69) is 13.8 Å². The molecule has 1 fully saturated rings. The molecule has 1 aliphatic rings. The SMILES string of the molecule is CCOC(=O)C1(CCC(C)C)CCCC1OC(=O)c1cccc(C)c1. The Morgan fingerprint density at radius 1 is 1.32 bits per heavy atom. The fraction of sp³-hybridized carbons (Fsp3) is 0.619. The highest BCUT2D eigenvalue weighted by molar-refractivity contribution is 5.90. The van der Waals surface area contributed by atoms with Gasteiger partial charge in [0.15, 0.2) is 0 Å². The first-order valence-corrected chi connectivity index (χ1v) is 9.34. The average molecular weight is 346 g/mol. The van der Waals surface area contributed by atoms with Crippen LogP contribution in [-0.2, 0) is 14.3 Å². The van der Waals surface area contributed by atoms with Crippen LogP contribution in [0.4, 0.5) is 0 Å². The van der Waals surface area contributed by atoms with Gasteiger partial charge in [-0.1, -0.05) is 31.5 Å². The molecule has 1 aliphatic carbocycles. The van der Waals surface area contributed by atoms with Crippen LogP contribution in [0.3, 0.4) is 0 Å². The summed E-state index contributed by atoms with van der Waals surface area (Å²) in [6.45, 7) is 8.39. The molecule has 0 amide bonds. The van der Waals surface area contributed by atoms with Gasteiger partial charge in [0.25, 0.3) is 0 Å². The van der Waals surface area contributed by atoms with E-state index in [1.807, 2.05) is 32.0 Å². The van der Waals surface area contributed by atoms with Gasteiger partial charge >= 0.3 is 11.9 Å². The summed E-state index contributed by atoms with van der Waals surface area (Å²) in [5.41, 5.74) is 0.852. The van der Waals surface area contributed by atoms with Crippen molar-refractivity contribution in [1.82, 2.24) is 0 Å². The Labute approximate surface area is 150 Å². The quantitative estimate of drug-likeness (QED) is 0.672. The number of benzene rings is 1. The zero-order valence-electron chi connectivity index (χ0n) is 15.8.